The molecule has 27 heavy (non-hydrogen) atoms. The Balaban J connectivity index is 1.74. The molecule has 0 radical (unpaired) electrons. The molecule has 3 rings (SSSR count). The van der Waals surface area contributed by atoms with Crippen LogP contribution in [0.15, 0.2) is 60.7 Å². The number of amides is 2. The van der Waals surface area contributed by atoms with Crippen LogP contribution in [0.3, 0.4) is 0 Å². The molecule has 0 spiro atoms. The lowest BCUT2D eigenvalue weighted by atomic mass is 10.2. The highest BCUT2D eigenvalue weighted by Crippen LogP contribution is 2.19. The lowest BCUT2D eigenvalue weighted by Crippen LogP contribution is -2.30. The number of para-hydroxylation sites is 2. The van der Waals surface area contributed by atoms with Gasteiger partial charge in [-0.15, -0.1) is 0 Å². The molecule has 0 atom stereocenters. The van der Waals surface area contributed by atoms with Crippen molar-refractivity contribution in [1.29, 1.82) is 0 Å². The van der Waals surface area contributed by atoms with Gasteiger partial charge in [-0.25, -0.2) is 0 Å². The summed E-state index contributed by atoms with van der Waals surface area (Å²) in [4.78, 5) is 24.7. The standard InChI is InChI=1S/C21H22N2O4/c24-20-16-8-1-3-10-18(16)26-14-5-6-15-27-19-11-4-2-9-17(19)21(25)23-13-7-12-22-20/h1-6,8-11H,7,12-15H2,(H,22,24)(H,23,25)/b6-5+. The van der Waals surface area contributed by atoms with Gasteiger partial charge in [-0.1, -0.05) is 24.3 Å². The third-order valence-electron chi connectivity index (χ3n) is 4.02. The fourth-order valence-electron chi connectivity index (χ4n) is 2.65. The molecule has 0 saturated heterocycles. The van der Waals surface area contributed by atoms with E-state index in [-0.39, 0.29) is 11.8 Å². The first-order chi connectivity index (χ1) is 13.3. The highest BCUT2D eigenvalue weighted by molar-refractivity contribution is 5.97. The van der Waals surface area contributed by atoms with E-state index < -0.39 is 0 Å². The summed E-state index contributed by atoms with van der Waals surface area (Å²) in [5.41, 5.74) is 0.978. The molecule has 0 saturated carbocycles. The topological polar surface area (TPSA) is 76.7 Å². The molecule has 0 aromatic heterocycles. The first-order valence-electron chi connectivity index (χ1n) is 8.91. The van der Waals surface area contributed by atoms with Gasteiger partial charge in [0.2, 0.25) is 0 Å². The van der Waals surface area contributed by atoms with E-state index in [0.29, 0.717) is 55.4 Å². The molecule has 0 unspecified atom stereocenters. The second kappa shape index (κ2) is 9.43. The molecule has 2 amide bonds. The number of ether oxygens (including phenoxy) is 2. The van der Waals surface area contributed by atoms with Crippen molar-refractivity contribution in [1.82, 2.24) is 10.6 Å². The van der Waals surface area contributed by atoms with E-state index in [1.165, 1.54) is 0 Å². The summed E-state index contributed by atoms with van der Waals surface area (Å²) >= 11 is 0. The van der Waals surface area contributed by atoms with Crippen molar-refractivity contribution in [2.75, 3.05) is 26.3 Å². The second-order valence-corrected chi connectivity index (χ2v) is 5.95. The molecule has 2 aromatic carbocycles. The van der Waals surface area contributed by atoms with Crippen LogP contribution in [-0.4, -0.2) is 38.1 Å². The molecule has 0 aliphatic carbocycles. The van der Waals surface area contributed by atoms with Gasteiger partial charge < -0.3 is 20.1 Å². The van der Waals surface area contributed by atoms with Crippen LogP contribution in [0.1, 0.15) is 27.1 Å². The largest absolute Gasteiger partial charge is 0.489 e. The monoisotopic (exact) mass is 366 g/mol. The molecule has 1 aliphatic heterocycles. The number of nitrogens with one attached hydrogen (secondary N) is 2. The molecule has 2 N–H and O–H groups in total. The first-order valence-corrected chi connectivity index (χ1v) is 8.91. The van der Waals surface area contributed by atoms with Gasteiger partial charge in [0.15, 0.2) is 0 Å². The Hall–Kier alpha value is -3.28. The van der Waals surface area contributed by atoms with Crippen molar-refractivity contribution < 1.29 is 19.1 Å². The Morgan fingerprint density at radius 3 is 1.59 bits per heavy atom. The first kappa shape index (κ1) is 18.5. The summed E-state index contributed by atoms with van der Waals surface area (Å²) in [5, 5.41) is 5.71. The summed E-state index contributed by atoms with van der Waals surface area (Å²) in [5.74, 6) is 0.671. The van der Waals surface area contributed by atoms with Crippen molar-refractivity contribution in [3.05, 3.63) is 71.8 Å². The Kier molecular flexibility index (Phi) is 6.46. The summed E-state index contributed by atoms with van der Waals surface area (Å²) in [7, 11) is 0. The number of hydrogen-bond donors (Lipinski definition) is 2. The van der Waals surface area contributed by atoms with Crippen LogP contribution in [0.2, 0.25) is 0 Å². The maximum Gasteiger partial charge on any atom is 0.255 e. The SMILES string of the molecule is O=C1NCCCNC(=O)c2ccccc2OC/C=C/COc2ccccc21. The molecule has 1 aliphatic rings. The smallest absolute Gasteiger partial charge is 0.255 e. The number of carbonyl (C=O) groups is 2. The maximum absolute atomic E-state index is 12.4. The number of rotatable bonds is 0. The molecule has 140 valence electrons. The van der Waals surface area contributed by atoms with Crippen molar-refractivity contribution in [2.24, 2.45) is 0 Å². The van der Waals surface area contributed by atoms with Gasteiger partial charge in [0, 0.05) is 13.1 Å². The van der Waals surface area contributed by atoms with E-state index in [1.807, 2.05) is 24.3 Å². The van der Waals surface area contributed by atoms with Crippen molar-refractivity contribution in [3.8, 4) is 11.5 Å². The summed E-state index contributed by atoms with van der Waals surface area (Å²) in [6, 6.07) is 14.2. The van der Waals surface area contributed by atoms with E-state index in [4.69, 9.17) is 9.47 Å². The highest BCUT2D eigenvalue weighted by Gasteiger charge is 2.13. The van der Waals surface area contributed by atoms with Crippen LogP contribution < -0.4 is 20.1 Å². The van der Waals surface area contributed by atoms with Gasteiger partial charge in [0.1, 0.15) is 24.7 Å². The quantitative estimate of drug-likeness (QED) is 0.703. The molecule has 6 heteroatoms. The van der Waals surface area contributed by atoms with Crippen LogP contribution in [0.25, 0.3) is 0 Å². The van der Waals surface area contributed by atoms with Gasteiger partial charge in [-0.2, -0.15) is 0 Å². The Bertz CT molecular complexity index is 765. The fourth-order valence-corrected chi connectivity index (χ4v) is 2.65. The number of benzene rings is 2. The number of hydrogen-bond acceptors (Lipinski definition) is 4. The van der Waals surface area contributed by atoms with E-state index >= 15 is 0 Å². The number of fused-ring (bicyclic) bond motifs is 2. The van der Waals surface area contributed by atoms with Crippen molar-refractivity contribution >= 4 is 11.8 Å². The van der Waals surface area contributed by atoms with Crippen molar-refractivity contribution in [3.63, 3.8) is 0 Å². The Morgan fingerprint density at radius 1 is 0.667 bits per heavy atom. The van der Waals surface area contributed by atoms with Gasteiger partial charge >= 0.3 is 0 Å². The molecule has 1 heterocycles. The van der Waals surface area contributed by atoms with Crippen LogP contribution in [0.5, 0.6) is 11.5 Å². The lowest BCUT2D eigenvalue weighted by Gasteiger charge is -2.11. The summed E-state index contributed by atoms with van der Waals surface area (Å²) < 4.78 is 11.4. The Labute approximate surface area is 158 Å². The van der Waals surface area contributed by atoms with Gasteiger partial charge in [-0.05, 0) is 42.8 Å². The van der Waals surface area contributed by atoms with E-state index in [0.717, 1.165) is 0 Å². The lowest BCUT2D eigenvalue weighted by molar-refractivity contribution is 0.0948. The molecule has 0 bridgehead atoms. The van der Waals surface area contributed by atoms with Gasteiger partial charge in [0.25, 0.3) is 11.8 Å². The summed E-state index contributed by atoms with van der Waals surface area (Å²) in [6.45, 7) is 1.53. The minimum absolute atomic E-state index is 0.195. The average molecular weight is 366 g/mol. The van der Waals surface area contributed by atoms with E-state index in [2.05, 4.69) is 10.6 Å². The third-order valence-corrected chi connectivity index (χ3v) is 4.02. The summed E-state index contributed by atoms with van der Waals surface area (Å²) in [6.07, 6.45) is 4.25. The predicted molar refractivity (Wildman–Crippen MR) is 102 cm³/mol. The minimum Gasteiger partial charge on any atom is -0.489 e. The van der Waals surface area contributed by atoms with Crippen LogP contribution in [-0.2, 0) is 0 Å². The second-order valence-electron chi connectivity index (χ2n) is 5.95. The molecular weight excluding hydrogens is 344 g/mol. The van der Waals surface area contributed by atoms with Crippen LogP contribution >= 0.6 is 0 Å². The third kappa shape index (κ3) is 5.10. The van der Waals surface area contributed by atoms with Gasteiger partial charge in [-0.3, -0.25) is 9.59 Å². The number of carbonyl (C=O) groups excluding carboxylic acids is 2. The van der Waals surface area contributed by atoms with E-state index in [9.17, 15) is 9.59 Å². The molecule has 0 fully saturated rings. The fraction of sp³-hybridized carbons (Fsp3) is 0.238. The van der Waals surface area contributed by atoms with Gasteiger partial charge in [0.05, 0.1) is 11.1 Å². The normalized spacial score (nSPS) is 17.0. The zero-order valence-corrected chi connectivity index (χ0v) is 14.9. The van der Waals surface area contributed by atoms with Crippen molar-refractivity contribution in [2.45, 2.75) is 6.42 Å². The molecular formula is C21H22N2O4. The highest BCUT2D eigenvalue weighted by atomic mass is 16.5. The van der Waals surface area contributed by atoms with E-state index in [1.54, 1.807) is 36.4 Å². The molecule has 2 aromatic rings. The van der Waals surface area contributed by atoms with Crippen LogP contribution in [0, 0.1) is 0 Å². The molecule has 6 nitrogen and oxygen atoms in total. The maximum atomic E-state index is 12.4. The zero-order valence-electron chi connectivity index (χ0n) is 14.9. The van der Waals surface area contributed by atoms with Crippen LogP contribution in [0.4, 0.5) is 0 Å². The Morgan fingerprint density at radius 2 is 1.11 bits per heavy atom. The minimum atomic E-state index is -0.195. The predicted octanol–water partition coefficient (Wildman–Crippen LogP) is 2.56. The zero-order chi connectivity index (χ0) is 18.9. The average Bonchev–Trinajstić information content (AvgIpc) is 2.70.